The number of thiocarbonyl (C=S) groups is 1. The second kappa shape index (κ2) is 6.25. The van der Waals surface area contributed by atoms with Gasteiger partial charge >= 0.3 is 0 Å². The van der Waals surface area contributed by atoms with Crippen molar-refractivity contribution >= 4 is 27.2 Å². The third-order valence-electron chi connectivity index (χ3n) is 4.50. The molecule has 2 rings (SSSR count). The first kappa shape index (κ1) is 16.1. The molecule has 7 heteroatoms. The third kappa shape index (κ3) is 3.00. The molecule has 0 amide bonds. The maximum atomic E-state index is 12.8. The Hall–Kier alpha value is -0.240. The second-order valence-corrected chi connectivity index (χ2v) is 8.45. The molecule has 3 atom stereocenters. The molecule has 5 nitrogen and oxygen atoms in total. The molecule has 0 aromatic carbocycles. The standard InChI is InChI=1S/C13H25N3O2S2/c1-3-12(13(14)19)20(17,18)16-9-11-6-4-5-7-15(11)8-10(16)2/h10-12H,3-9H2,1-2H3,(H2,14,19). The topological polar surface area (TPSA) is 66.6 Å². The van der Waals surface area contributed by atoms with E-state index in [4.69, 9.17) is 18.0 Å². The minimum atomic E-state index is -3.43. The Morgan fingerprint density at radius 3 is 2.70 bits per heavy atom. The molecule has 2 N–H and O–H groups in total. The van der Waals surface area contributed by atoms with Gasteiger partial charge in [0.1, 0.15) is 5.25 Å². The van der Waals surface area contributed by atoms with Crippen molar-refractivity contribution in [2.24, 2.45) is 5.73 Å². The van der Waals surface area contributed by atoms with Gasteiger partial charge in [-0.15, -0.1) is 0 Å². The Morgan fingerprint density at radius 2 is 2.10 bits per heavy atom. The summed E-state index contributed by atoms with van der Waals surface area (Å²) in [7, 11) is -3.43. The highest BCUT2D eigenvalue weighted by Crippen LogP contribution is 2.27. The summed E-state index contributed by atoms with van der Waals surface area (Å²) in [6, 6.07) is 0.358. The molecular weight excluding hydrogens is 294 g/mol. The molecule has 2 aliphatic rings. The average Bonchev–Trinajstić information content (AvgIpc) is 2.37. The number of piperidine rings is 1. The third-order valence-corrected chi connectivity index (χ3v) is 7.41. The van der Waals surface area contributed by atoms with Gasteiger partial charge in [-0.2, -0.15) is 4.31 Å². The van der Waals surface area contributed by atoms with E-state index in [0.717, 1.165) is 19.5 Å². The van der Waals surface area contributed by atoms with Crippen molar-refractivity contribution in [3.63, 3.8) is 0 Å². The van der Waals surface area contributed by atoms with Gasteiger partial charge in [0.05, 0.1) is 4.99 Å². The van der Waals surface area contributed by atoms with E-state index in [1.165, 1.54) is 12.8 Å². The van der Waals surface area contributed by atoms with E-state index < -0.39 is 15.3 Å². The fourth-order valence-corrected chi connectivity index (χ4v) is 5.92. The predicted octanol–water partition coefficient (Wildman–Crippen LogP) is 0.940. The van der Waals surface area contributed by atoms with Crippen molar-refractivity contribution < 1.29 is 8.42 Å². The summed E-state index contributed by atoms with van der Waals surface area (Å²) in [5.74, 6) is 0. The smallest absolute Gasteiger partial charge is 0.223 e. The quantitative estimate of drug-likeness (QED) is 0.781. The van der Waals surface area contributed by atoms with Crippen LogP contribution in [0.15, 0.2) is 0 Å². The molecule has 116 valence electrons. The van der Waals surface area contributed by atoms with Crippen LogP contribution in [0.2, 0.25) is 0 Å². The number of nitrogens with zero attached hydrogens (tertiary/aromatic N) is 2. The Kier molecular flexibility index (Phi) is 5.05. The summed E-state index contributed by atoms with van der Waals surface area (Å²) in [4.78, 5) is 2.52. The molecule has 0 radical (unpaired) electrons. The molecule has 2 fully saturated rings. The van der Waals surface area contributed by atoms with Crippen LogP contribution in [0.25, 0.3) is 0 Å². The molecule has 0 aromatic heterocycles. The number of rotatable bonds is 4. The van der Waals surface area contributed by atoms with E-state index in [2.05, 4.69) is 4.90 Å². The minimum Gasteiger partial charge on any atom is -0.392 e. The number of hydrogen-bond donors (Lipinski definition) is 1. The van der Waals surface area contributed by atoms with Gasteiger partial charge in [0, 0.05) is 25.2 Å². The fourth-order valence-electron chi connectivity index (χ4n) is 3.40. The van der Waals surface area contributed by atoms with Crippen LogP contribution in [0.5, 0.6) is 0 Å². The van der Waals surface area contributed by atoms with Crippen molar-refractivity contribution in [2.75, 3.05) is 19.6 Å². The first-order valence-corrected chi connectivity index (χ1v) is 9.33. The van der Waals surface area contributed by atoms with Crippen molar-refractivity contribution in [1.82, 2.24) is 9.21 Å². The van der Waals surface area contributed by atoms with Crippen LogP contribution < -0.4 is 5.73 Å². The Balaban J connectivity index is 2.20. The summed E-state index contributed by atoms with van der Waals surface area (Å²) in [6.45, 7) is 6.30. The van der Waals surface area contributed by atoms with E-state index in [-0.39, 0.29) is 11.0 Å². The largest absolute Gasteiger partial charge is 0.392 e. The number of nitrogens with two attached hydrogens (primary N) is 1. The molecule has 0 saturated carbocycles. The van der Waals surface area contributed by atoms with Gasteiger partial charge in [0.25, 0.3) is 0 Å². The first-order valence-electron chi connectivity index (χ1n) is 7.42. The van der Waals surface area contributed by atoms with Gasteiger partial charge < -0.3 is 5.73 Å². The van der Waals surface area contributed by atoms with Crippen molar-refractivity contribution in [2.45, 2.75) is 56.9 Å². The van der Waals surface area contributed by atoms with E-state index in [1.807, 2.05) is 13.8 Å². The SMILES string of the molecule is CCC(C(N)=S)S(=O)(=O)N1CC2CCCCN2CC1C. The lowest BCUT2D eigenvalue weighted by Gasteiger charge is -2.47. The molecule has 0 aromatic rings. The van der Waals surface area contributed by atoms with Crippen LogP contribution in [0.3, 0.4) is 0 Å². The molecule has 2 aliphatic heterocycles. The lowest BCUT2D eigenvalue weighted by atomic mass is 9.99. The highest BCUT2D eigenvalue weighted by molar-refractivity contribution is 7.92. The number of piperazine rings is 1. The van der Waals surface area contributed by atoms with E-state index in [9.17, 15) is 8.42 Å². The molecule has 0 spiro atoms. The van der Waals surface area contributed by atoms with Crippen LogP contribution in [0, 0.1) is 0 Å². The molecule has 2 saturated heterocycles. The molecule has 3 unspecified atom stereocenters. The van der Waals surface area contributed by atoms with E-state index in [1.54, 1.807) is 4.31 Å². The minimum absolute atomic E-state index is 0.00208. The Labute approximate surface area is 127 Å². The number of fused-ring (bicyclic) bond motifs is 1. The highest BCUT2D eigenvalue weighted by atomic mass is 32.2. The second-order valence-electron chi connectivity index (χ2n) is 5.91. The summed E-state index contributed by atoms with van der Waals surface area (Å²) < 4.78 is 27.2. The van der Waals surface area contributed by atoms with E-state index in [0.29, 0.717) is 19.0 Å². The summed E-state index contributed by atoms with van der Waals surface area (Å²) in [5, 5.41) is -0.727. The van der Waals surface area contributed by atoms with E-state index >= 15 is 0 Å². The fraction of sp³-hybridized carbons (Fsp3) is 0.923. The lowest BCUT2D eigenvalue weighted by molar-refractivity contribution is 0.0562. The van der Waals surface area contributed by atoms with Gasteiger partial charge in [0.15, 0.2) is 0 Å². The molecule has 0 aliphatic carbocycles. The summed E-state index contributed by atoms with van der Waals surface area (Å²) in [6.07, 6.45) is 3.94. The molecule has 20 heavy (non-hydrogen) atoms. The van der Waals surface area contributed by atoms with Gasteiger partial charge in [-0.05, 0) is 32.7 Å². The zero-order valence-electron chi connectivity index (χ0n) is 12.3. The Morgan fingerprint density at radius 1 is 1.40 bits per heavy atom. The Bertz CT molecular complexity index is 466. The maximum absolute atomic E-state index is 12.8. The maximum Gasteiger partial charge on any atom is 0.223 e. The monoisotopic (exact) mass is 319 g/mol. The van der Waals surface area contributed by atoms with Crippen LogP contribution in [-0.2, 0) is 10.0 Å². The number of sulfonamides is 1. The van der Waals surface area contributed by atoms with Crippen LogP contribution in [-0.4, -0.2) is 59.6 Å². The van der Waals surface area contributed by atoms with Crippen molar-refractivity contribution in [3.8, 4) is 0 Å². The zero-order chi connectivity index (χ0) is 14.9. The summed E-state index contributed by atoms with van der Waals surface area (Å²) >= 11 is 4.95. The molecule has 0 bridgehead atoms. The summed E-state index contributed by atoms with van der Waals surface area (Å²) in [5.41, 5.74) is 5.63. The van der Waals surface area contributed by atoms with Crippen LogP contribution >= 0.6 is 12.2 Å². The molecular formula is C13H25N3O2S2. The zero-order valence-corrected chi connectivity index (χ0v) is 13.9. The number of hydrogen-bond acceptors (Lipinski definition) is 4. The van der Waals surface area contributed by atoms with Gasteiger partial charge in [0.2, 0.25) is 10.0 Å². The normalized spacial score (nSPS) is 30.7. The van der Waals surface area contributed by atoms with Crippen molar-refractivity contribution in [3.05, 3.63) is 0 Å². The van der Waals surface area contributed by atoms with Gasteiger partial charge in [-0.1, -0.05) is 25.6 Å². The van der Waals surface area contributed by atoms with Crippen LogP contribution in [0.1, 0.15) is 39.5 Å². The predicted molar refractivity (Wildman–Crippen MR) is 85.2 cm³/mol. The van der Waals surface area contributed by atoms with Gasteiger partial charge in [-0.25, -0.2) is 8.42 Å². The lowest BCUT2D eigenvalue weighted by Crippen LogP contribution is -2.61. The van der Waals surface area contributed by atoms with Gasteiger partial charge in [-0.3, -0.25) is 4.90 Å². The highest BCUT2D eigenvalue weighted by Gasteiger charge is 2.42. The van der Waals surface area contributed by atoms with Crippen LogP contribution in [0.4, 0.5) is 0 Å². The average molecular weight is 319 g/mol. The molecule has 2 heterocycles. The first-order chi connectivity index (χ1) is 9.37. The van der Waals surface area contributed by atoms with Crippen molar-refractivity contribution in [1.29, 1.82) is 0 Å².